The number of Topliss-reactive ketones (excluding diaryl/α,β-unsaturated/α-hetero) is 1. The smallest absolute Gasteiger partial charge is 0.296 e. The Bertz CT molecular complexity index is 947. The third-order valence-electron chi connectivity index (χ3n) is 3.64. The molecule has 0 unspecified atom stereocenters. The predicted octanol–water partition coefficient (Wildman–Crippen LogP) is 4.13. The van der Waals surface area contributed by atoms with Crippen LogP contribution in [0.5, 0.6) is 0 Å². The fourth-order valence-electron chi connectivity index (χ4n) is 2.30. The van der Waals surface area contributed by atoms with Crippen molar-refractivity contribution in [3.63, 3.8) is 0 Å². The van der Waals surface area contributed by atoms with Gasteiger partial charge in [0.2, 0.25) is 0 Å². The topological polar surface area (TPSA) is 75.3 Å². The second kappa shape index (κ2) is 7.76. The molecule has 0 atom stereocenters. The molecule has 3 rings (SSSR count). The van der Waals surface area contributed by atoms with Crippen LogP contribution in [0.4, 0.5) is 11.4 Å². The van der Waals surface area contributed by atoms with E-state index in [0.717, 1.165) is 5.56 Å². The first-order chi connectivity index (χ1) is 12.5. The Morgan fingerprint density at radius 2 is 1.54 bits per heavy atom. The molecule has 0 spiro atoms. The molecule has 2 amide bonds. The van der Waals surface area contributed by atoms with Crippen LogP contribution in [0.25, 0.3) is 0 Å². The largest absolute Gasteiger partial charge is 0.321 e. The summed E-state index contributed by atoms with van der Waals surface area (Å²) in [6, 6.07) is 17.0. The molecule has 6 heteroatoms. The maximum atomic E-state index is 12.2. The van der Waals surface area contributed by atoms with Crippen LogP contribution < -0.4 is 10.6 Å². The molecule has 0 aliphatic carbocycles. The van der Waals surface area contributed by atoms with Gasteiger partial charge in [0.1, 0.15) is 0 Å². The number of aryl methyl sites for hydroxylation is 1. The molecule has 0 fully saturated rings. The Morgan fingerprint density at radius 1 is 0.846 bits per heavy atom. The summed E-state index contributed by atoms with van der Waals surface area (Å²) in [6.07, 6.45) is 0. The van der Waals surface area contributed by atoms with Crippen molar-refractivity contribution in [2.75, 3.05) is 10.6 Å². The molecule has 0 radical (unpaired) electrons. The van der Waals surface area contributed by atoms with Gasteiger partial charge in [-0.15, -0.1) is 11.3 Å². The van der Waals surface area contributed by atoms with Gasteiger partial charge in [0.25, 0.3) is 17.6 Å². The Labute approximate surface area is 154 Å². The molecule has 0 bridgehead atoms. The first-order valence-electron chi connectivity index (χ1n) is 7.90. The molecule has 130 valence electrons. The van der Waals surface area contributed by atoms with Crippen LogP contribution in [-0.2, 0) is 4.79 Å². The van der Waals surface area contributed by atoms with Crippen LogP contribution in [-0.4, -0.2) is 17.6 Å². The molecule has 0 saturated carbocycles. The zero-order chi connectivity index (χ0) is 18.5. The molecule has 3 aromatic rings. The molecular weight excluding hydrogens is 348 g/mol. The highest BCUT2D eigenvalue weighted by molar-refractivity contribution is 7.12. The summed E-state index contributed by atoms with van der Waals surface area (Å²) in [7, 11) is 0. The Kier molecular flexibility index (Phi) is 5.24. The number of carbonyl (C=O) groups is 3. The number of hydrogen-bond donors (Lipinski definition) is 2. The van der Waals surface area contributed by atoms with Gasteiger partial charge in [-0.1, -0.05) is 42.0 Å². The molecule has 0 aliphatic heterocycles. The number of ketones is 1. The lowest BCUT2D eigenvalue weighted by Gasteiger charge is -2.08. The van der Waals surface area contributed by atoms with Crippen LogP contribution >= 0.6 is 11.3 Å². The van der Waals surface area contributed by atoms with Gasteiger partial charge in [-0.3, -0.25) is 14.4 Å². The van der Waals surface area contributed by atoms with Crippen molar-refractivity contribution in [1.82, 2.24) is 0 Å². The first-order valence-corrected chi connectivity index (χ1v) is 8.78. The van der Waals surface area contributed by atoms with E-state index >= 15 is 0 Å². The summed E-state index contributed by atoms with van der Waals surface area (Å²) < 4.78 is 0. The number of benzene rings is 2. The molecular formula is C20H16N2O3S. The SMILES string of the molecule is Cc1ccc(C(=O)C(=O)Nc2cccc(NC(=O)c3cccs3)c2)cc1. The van der Waals surface area contributed by atoms with Crippen molar-refractivity contribution >= 4 is 40.3 Å². The van der Waals surface area contributed by atoms with E-state index in [1.165, 1.54) is 11.3 Å². The monoisotopic (exact) mass is 364 g/mol. The number of anilines is 2. The summed E-state index contributed by atoms with van der Waals surface area (Å²) >= 11 is 1.34. The van der Waals surface area contributed by atoms with Crippen LogP contribution in [0.15, 0.2) is 66.0 Å². The van der Waals surface area contributed by atoms with Gasteiger partial charge in [-0.05, 0) is 36.6 Å². The lowest BCUT2D eigenvalue weighted by molar-refractivity contribution is -0.112. The third kappa shape index (κ3) is 4.23. The van der Waals surface area contributed by atoms with E-state index in [9.17, 15) is 14.4 Å². The first kappa shape index (κ1) is 17.6. The van der Waals surface area contributed by atoms with Gasteiger partial charge in [-0.25, -0.2) is 0 Å². The van der Waals surface area contributed by atoms with Crippen molar-refractivity contribution in [1.29, 1.82) is 0 Å². The Balaban J connectivity index is 1.68. The lowest BCUT2D eigenvalue weighted by atomic mass is 10.1. The molecule has 0 saturated heterocycles. The number of hydrogen-bond acceptors (Lipinski definition) is 4. The molecule has 1 heterocycles. The maximum Gasteiger partial charge on any atom is 0.296 e. The van der Waals surface area contributed by atoms with Gasteiger partial charge in [-0.2, -0.15) is 0 Å². The molecule has 2 aromatic carbocycles. The van der Waals surface area contributed by atoms with Gasteiger partial charge >= 0.3 is 0 Å². The van der Waals surface area contributed by atoms with Crippen LogP contribution in [0.1, 0.15) is 25.6 Å². The standard InChI is InChI=1S/C20H16N2O3S/c1-13-7-9-14(10-8-13)18(23)20(25)22-16-5-2-4-15(12-16)21-19(24)17-6-3-11-26-17/h2-12H,1H3,(H,21,24)(H,22,25). The van der Waals surface area contributed by atoms with E-state index in [2.05, 4.69) is 10.6 Å². The molecule has 0 aliphatic rings. The Hall–Kier alpha value is -3.25. The fourth-order valence-corrected chi connectivity index (χ4v) is 2.92. The normalized spacial score (nSPS) is 10.2. The molecule has 2 N–H and O–H groups in total. The minimum atomic E-state index is -0.726. The summed E-state index contributed by atoms with van der Waals surface area (Å²) in [5.41, 5.74) is 2.30. The quantitative estimate of drug-likeness (QED) is 0.528. The fraction of sp³-hybridized carbons (Fsp3) is 0.0500. The molecule has 1 aromatic heterocycles. The van der Waals surface area contributed by atoms with Crippen molar-refractivity contribution in [3.05, 3.63) is 82.0 Å². The van der Waals surface area contributed by atoms with Gasteiger partial charge < -0.3 is 10.6 Å². The van der Waals surface area contributed by atoms with Crippen LogP contribution in [0.3, 0.4) is 0 Å². The zero-order valence-corrected chi connectivity index (χ0v) is 14.8. The van der Waals surface area contributed by atoms with Gasteiger partial charge in [0, 0.05) is 16.9 Å². The summed E-state index contributed by atoms with van der Waals surface area (Å²) in [5, 5.41) is 7.15. The van der Waals surface area contributed by atoms with Crippen molar-refractivity contribution in [3.8, 4) is 0 Å². The lowest BCUT2D eigenvalue weighted by Crippen LogP contribution is -2.23. The minimum absolute atomic E-state index is 0.223. The number of nitrogens with one attached hydrogen (secondary N) is 2. The zero-order valence-electron chi connectivity index (χ0n) is 14.0. The molecule has 26 heavy (non-hydrogen) atoms. The van der Waals surface area contributed by atoms with Crippen molar-refractivity contribution in [2.24, 2.45) is 0 Å². The minimum Gasteiger partial charge on any atom is -0.321 e. The number of thiophene rings is 1. The predicted molar refractivity (Wildman–Crippen MR) is 103 cm³/mol. The van der Waals surface area contributed by atoms with Crippen molar-refractivity contribution < 1.29 is 14.4 Å². The highest BCUT2D eigenvalue weighted by Crippen LogP contribution is 2.18. The third-order valence-corrected chi connectivity index (χ3v) is 4.51. The summed E-state index contributed by atoms with van der Waals surface area (Å²) in [5.74, 6) is -1.56. The van der Waals surface area contributed by atoms with E-state index in [4.69, 9.17) is 0 Å². The average molecular weight is 364 g/mol. The maximum absolute atomic E-state index is 12.2. The van der Waals surface area contributed by atoms with E-state index in [1.807, 2.05) is 12.3 Å². The van der Waals surface area contributed by atoms with Crippen LogP contribution in [0, 0.1) is 6.92 Å². The van der Waals surface area contributed by atoms with Gasteiger partial charge in [0.05, 0.1) is 4.88 Å². The van der Waals surface area contributed by atoms with E-state index in [-0.39, 0.29) is 5.91 Å². The summed E-state index contributed by atoms with van der Waals surface area (Å²) in [4.78, 5) is 37.0. The highest BCUT2D eigenvalue weighted by Gasteiger charge is 2.16. The highest BCUT2D eigenvalue weighted by atomic mass is 32.1. The average Bonchev–Trinajstić information content (AvgIpc) is 3.17. The van der Waals surface area contributed by atoms with Crippen LogP contribution in [0.2, 0.25) is 0 Å². The number of rotatable bonds is 5. The van der Waals surface area contributed by atoms with E-state index in [1.54, 1.807) is 60.7 Å². The van der Waals surface area contributed by atoms with E-state index < -0.39 is 11.7 Å². The summed E-state index contributed by atoms with van der Waals surface area (Å²) in [6.45, 7) is 1.91. The van der Waals surface area contributed by atoms with Crippen molar-refractivity contribution in [2.45, 2.75) is 6.92 Å². The number of amides is 2. The van der Waals surface area contributed by atoms with Gasteiger partial charge in [0.15, 0.2) is 0 Å². The molecule has 5 nitrogen and oxygen atoms in total. The Morgan fingerprint density at radius 3 is 2.19 bits per heavy atom. The second-order valence-electron chi connectivity index (χ2n) is 5.66. The number of carbonyl (C=O) groups excluding carboxylic acids is 3. The second-order valence-corrected chi connectivity index (χ2v) is 6.61. The van der Waals surface area contributed by atoms with E-state index in [0.29, 0.717) is 21.8 Å².